The van der Waals surface area contributed by atoms with Crippen LogP contribution in [0.15, 0.2) is 0 Å². The maximum Gasteiger partial charge on any atom is 0.228 e. The van der Waals surface area contributed by atoms with Crippen molar-refractivity contribution in [2.75, 3.05) is 0 Å². The zero-order chi connectivity index (χ0) is 5.07. The molecule has 0 aromatic carbocycles. The Bertz CT molecular complexity index is 103. The van der Waals surface area contributed by atoms with E-state index in [0.717, 1.165) is 0 Å². The number of epoxide rings is 2. The largest absolute Gasteiger partial charge is 0.310 e. The summed E-state index contributed by atoms with van der Waals surface area (Å²) in [5.74, 6) is 0.456. The van der Waals surface area contributed by atoms with Gasteiger partial charge in [0, 0.05) is 5.92 Å². The highest BCUT2D eigenvalue weighted by atomic mass is 17.0. The first-order valence-corrected chi connectivity index (χ1v) is 2.61. The summed E-state index contributed by atoms with van der Waals surface area (Å²) in [6, 6.07) is 0. The van der Waals surface area contributed by atoms with Crippen molar-refractivity contribution in [1.29, 1.82) is 0 Å². The number of fused-ring (bicyclic) bond motifs is 1. The van der Waals surface area contributed by atoms with Crippen LogP contribution in [0, 0.1) is 5.92 Å². The Morgan fingerprint density at radius 2 is 1.86 bits per heavy atom. The number of rotatable bonds is 1. The molecule has 0 aromatic rings. The van der Waals surface area contributed by atoms with Crippen LogP contribution in [0.4, 0.5) is 0 Å². The predicted molar refractivity (Wildman–Crippen MR) is 23.5 cm³/mol. The fourth-order valence-electron chi connectivity index (χ4n) is 0.820. The van der Waals surface area contributed by atoms with E-state index in [4.69, 9.17) is 9.47 Å². The van der Waals surface area contributed by atoms with E-state index in [2.05, 4.69) is 13.8 Å². The molecule has 2 aliphatic heterocycles. The third-order valence-electron chi connectivity index (χ3n) is 1.60. The Hall–Kier alpha value is -0.0800. The van der Waals surface area contributed by atoms with Gasteiger partial charge in [-0.25, -0.2) is 0 Å². The lowest BCUT2D eigenvalue weighted by molar-refractivity contribution is -0.0708. The first kappa shape index (κ1) is 3.87. The smallest absolute Gasteiger partial charge is 0.228 e. The van der Waals surface area contributed by atoms with Gasteiger partial charge < -0.3 is 9.47 Å². The second-order valence-corrected chi connectivity index (χ2v) is 2.44. The molecule has 2 fully saturated rings. The normalized spacial score (nSPS) is 54.4. The molecule has 2 aliphatic rings. The van der Waals surface area contributed by atoms with E-state index < -0.39 is 0 Å². The van der Waals surface area contributed by atoms with Crippen molar-refractivity contribution in [2.24, 2.45) is 5.92 Å². The molecule has 0 bridgehead atoms. The Labute approximate surface area is 42.4 Å². The minimum atomic E-state index is -0.0833. The first-order chi connectivity index (χ1) is 3.26. The van der Waals surface area contributed by atoms with Crippen LogP contribution < -0.4 is 0 Å². The van der Waals surface area contributed by atoms with E-state index in [1.807, 2.05) is 0 Å². The van der Waals surface area contributed by atoms with Gasteiger partial charge in [0.1, 0.15) is 0 Å². The summed E-state index contributed by atoms with van der Waals surface area (Å²) in [7, 11) is 0. The molecule has 2 heterocycles. The van der Waals surface area contributed by atoms with Gasteiger partial charge in [0.05, 0.1) is 0 Å². The highest BCUT2D eigenvalue weighted by Gasteiger charge is 2.78. The van der Waals surface area contributed by atoms with Crippen LogP contribution in [-0.4, -0.2) is 12.1 Å². The number of hydrogen-bond acceptors (Lipinski definition) is 2. The molecule has 2 rings (SSSR count). The van der Waals surface area contributed by atoms with Gasteiger partial charge in [-0.05, 0) is 0 Å². The summed E-state index contributed by atoms with van der Waals surface area (Å²) in [4.78, 5) is 0. The zero-order valence-corrected chi connectivity index (χ0v) is 4.47. The van der Waals surface area contributed by atoms with E-state index in [1.54, 1.807) is 0 Å². The fourth-order valence-corrected chi connectivity index (χ4v) is 0.820. The Balaban J connectivity index is 2.08. The van der Waals surface area contributed by atoms with Crippen molar-refractivity contribution < 1.29 is 9.47 Å². The monoisotopic (exact) mass is 100 g/mol. The molecule has 0 aromatic heterocycles. The van der Waals surface area contributed by atoms with Gasteiger partial charge in [-0.15, -0.1) is 0 Å². The highest BCUT2D eigenvalue weighted by molar-refractivity contribution is 5.04. The lowest BCUT2D eigenvalue weighted by Gasteiger charge is -2.00. The quantitative estimate of drug-likeness (QED) is 0.454. The summed E-state index contributed by atoms with van der Waals surface area (Å²) in [5.41, 5.74) is 0. The number of hydrogen-bond donors (Lipinski definition) is 0. The molecular weight excluding hydrogens is 92.1 g/mol. The van der Waals surface area contributed by atoms with Crippen molar-refractivity contribution >= 4 is 0 Å². The summed E-state index contributed by atoms with van der Waals surface area (Å²) in [6.07, 6.45) is 0.187. The molecule has 2 heteroatoms. The maximum atomic E-state index is 5.03. The molecule has 0 aliphatic carbocycles. The minimum absolute atomic E-state index is 0.0833. The van der Waals surface area contributed by atoms with Crippen molar-refractivity contribution in [3.8, 4) is 0 Å². The lowest BCUT2D eigenvalue weighted by atomic mass is 10.1. The average molecular weight is 100 g/mol. The van der Waals surface area contributed by atoms with E-state index in [0.29, 0.717) is 5.92 Å². The highest BCUT2D eigenvalue weighted by Crippen LogP contribution is 2.60. The van der Waals surface area contributed by atoms with Crippen LogP contribution in [0.25, 0.3) is 0 Å². The topological polar surface area (TPSA) is 25.1 Å². The van der Waals surface area contributed by atoms with E-state index in [-0.39, 0.29) is 12.1 Å². The van der Waals surface area contributed by atoms with Crippen molar-refractivity contribution in [1.82, 2.24) is 0 Å². The van der Waals surface area contributed by atoms with E-state index >= 15 is 0 Å². The third kappa shape index (κ3) is 0.283. The van der Waals surface area contributed by atoms with E-state index in [1.165, 1.54) is 0 Å². The van der Waals surface area contributed by atoms with Crippen LogP contribution in [0.3, 0.4) is 0 Å². The van der Waals surface area contributed by atoms with Crippen molar-refractivity contribution in [2.45, 2.75) is 25.9 Å². The van der Waals surface area contributed by atoms with Crippen LogP contribution in [0.5, 0.6) is 0 Å². The maximum absolute atomic E-state index is 5.03. The van der Waals surface area contributed by atoms with Gasteiger partial charge in [-0.2, -0.15) is 0 Å². The second-order valence-electron chi connectivity index (χ2n) is 2.44. The molecule has 2 saturated heterocycles. The standard InChI is InChI=1S/C5H8O2/c1-3(2)5-4(6-5)7-5/h3-4H,1-2H3. The third-order valence-corrected chi connectivity index (χ3v) is 1.60. The van der Waals surface area contributed by atoms with Gasteiger partial charge in [0.25, 0.3) is 0 Å². The molecule has 0 amide bonds. The molecule has 7 heavy (non-hydrogen) atoms. The zero-order valence-electron chi connectivity index (χ0n) is 4.47. The molecule has 2 nitrogen and oxygen atoms in total. The molecule has 0 N–H and O–H groups in total. The molecule has 0 saturated carbocycles. The molecule has 0 spiro atoms. The second kappa shape index (κ2) is 0.740. The lowest BCUT2D eigenvalue weighted by Crippen LogP contribution is -2.07. The van der Waals surface area contributed by atoms with Gasteiger partial charge in [-0.3, -0.25) is 0 Å². The van der Waals surface area contributed by atoms with Crippen LogP contribution in [0.2, 0.25) is 0 Å². The Kier molecular flexibility index (Phi) is 0.408. The first-order valence-electron chi connectivity index (χ1n) is 2.61. The van der Waals surface area contributed by atoms with Crippen LogP contribution in [-0.2, 0) is 9.47 Å². The summed E-state index contributed by atoms with van der Waals surface area (Å²) in [6.45, 7) is 4.21. The predicted octanol–water partition coefficient (Wildman–Crippen LogP) is 0.725. The molecule has 0 unspecified atom stereocenters. The summed E-state index contributed by atoms with van der Waals surface area (Å²) >= 11 is 0. The molecule has 40 valence electrons. The fraction of sp³-hybridized carbons (Fsp3) is 1.00. The van der Waals surface area contributed by atoms with Crippen molar-refractivity contribution in [3.63, 3.8) is 0 Å². The molecular formula is C5H8O2. The van der Waals surface area contributed by atoms with Crippen LogP contribution >= 0.6 is 0 Å². The van der Waals surface area contributed by atoms with Gasteiger partial charge in [-0.1, -0.05) is 13.8 Å². The summed E-state index contributed by atoms with van der Waals surface area (Å²) in [5, 5.41) is 0. The van der Waals surface area contributed by atoms with Gasteiger partial charge in [0.15, 0.2) is 0 Å². The van der Waals surface area contributed by atoms with Crippen LogP contribution in [0.1, 0.15) is 13.8 Å². The van der Waals surface area contributed by atoms with Crippen molar-refractivity contribution in [3.05, 3.63) is 0 Å². The van der Waals surface area contributed by atoms with E-state index in [9.17, 15) is 0 Å². The molecule has 0 radical (unpaired) electrons. The Morgan fingerprint density at radius 1 is 1.43 bits per heavy atom. The molecule has 0 atom stereocenters. The average Bonchev–Trinajstić information content (AvgIpc) is 2.04. The van der Waals surface area contributed by atoms with Gasteiger partial charge in [0.2, 0.25) is 12.1 Å². The number of ether oxygens (including phenoxy) is 2. The minimum Gasteiger partial charge on any atom is -0.310 e. The summed E-state index contributed by atoms with van der Waals surface area (Å²) < 4.78 is 10.1. The SMILES string of the molecule is CC(C)C12OC1O2. The van der Waals surface area contributed by atoms with Gasteiger partial charge >= 0.3 is 0 Å². The Morgan fingerprint density at radius 3 is 1.86 bits per heavy atom.